The number of urea groups is 1. The van der Waals surface area contributed by atoms with Crippen LogP contribution in [0.2, 0.25) is 0 Å². The number of rotatable bonds is 2. The monoisotopic (exact) mass is 343 g/mol. The molecular formula is C18H21N3O2S. The van der Waals surface area contributed by atoms with Gasteiger partial charge in [0.25, 0.3) is 0 Å². The summed E-state index contributed by atoms with van der Waals surface area (Å²) in [5.41, 5.74) is 3.24. The molecule has 5 nitrogen and oxygen atoms in total. The lowest BCUT2D eigenvalue weighted by molar-refractivity contribution is 0.141. The molecule has 0 spiro atoms. The number of amides is 2. The van der Waals surface area contributed by atoms with Crippen LogP contribution in [0.1, 0.15) is 51.6 Å². The molecule has 1 heterocycles. The quantitative estimate of drug-likeness (QED) is 0.785. The Morgan fingerprint density at radius 1 is 1.33 bits per heavy atom. The van der Waals surface area contributed by atoms with Gasteiger partial charge in [0.2, 0.25) is 0 Å². The van der Waals surface area contributed by atoms with Crippen LogP contribution in [0, 0.1) is 6.92 Å². The normalized spacial score (nSPS) is 25.0. The number of nitrogens with one attached hydrogen (secondary N) is 2. The SMILES string of the molecule is Cc1nc2c(s1)C(NC(=O)N[C@@H]1c3ccccc3C[C@@H]1O)CCC2. The number of carbonyl (C=O) groups is 1. The van der Waals surface area contributed by atoms with E-state index in [1.165, 1.54) is 4.88 Å². The van der Waals surface area contributed by atoms with E-state index < -0.39 is 6.10 Å². The fourth-order valence-electron chi connectivity index (χ4n) is 3.77. The van der Waals surface area contributed by atoms with Gasteiger partial charge in [-0.2, -0.15) is 0 Å². The molecule has 2 aliphatic carbocycles. The van der Waals surface area contributed by atoms with Crippen molar-refractivity contribution in [1.29, 1.82) is 0 Å². The maximum absolute atomic E-state index is 12.5. The third-order valence-electron chi connectivity index (χ3n) is 4.85. The molecule has 0 fully saturated rings. The first-order valence-corrected chi connectivity index (χ1v) is 9.22. The fraction of sp³-hybridized carbons (Fsp3) is 0.444. The predicted octanol–water partition coefficient (Wildman–Crippen LogP) is 2.79. The highest BCUT2D eigenvalue weighted by Gasteiger charge is 2.33. The second kappa shape index (κ2) is 6.18. The Kier molecular flexibility index (Phi) is 4.02. The first-order valence-electron chi connectivity index (χ1n) is 8.41. The zero-order valence-electron chi connectivity index (χ0n) is 13.6. The van der Waals surface area contributed by atoms with Crippen LogP contribution in [0.15, 0.2) is 24.3 Å². The minimum Gasteiger partial charge on any atom is -0.390 e. The highest BCUT2D eigenvalue weighted by molar-refractivity contribution is 7.11. The predicted molar refractivity (Wildman–Crippen MR) is 93.1 cm³/mol. The lowest BCUT2D eigenvalue weighted by atomic mass is 9.98. The van der Waals surface area contributed by atoms with E-state index >= 15 is 0 Å². The van der Waals surface area contributed by atoms with E-state index in [2.05, 4.69) is 15.6 Å². The third-order valence-corrected chi connectivity index (χ3v) is 5.98. The van der Waals surface area contributed by atoms with Gasteiger partial charge in [0, 0.05) is 6.42 Å². The molecule has 0 bridgehead atoms. The molecular weight excluding hydrogens is 322 g/mol. The van der Waals surface area contributed by atoms with Crippen LogP contribution >= 0.6 is 11.3 Å². The number of aromatic nitrogens is 1. The van der Waals surface area contributed by atoms with E-state index in [0.717, 1.165) is 41.1 Å². The number of carbonyl (C=O) groups excluding carboxylic acids is 1. The zero-order chi connectivity index (χ0) is 16.7. The standard InChI is InChI=1S/C18H21N3O2S/c1-10-19-13-7-4-8-14(17(13)24-10)20-18(23)21-16-12-6-3-2-5-11(12)9-15(16)22/h2-3,5-6,14-16,22H,4,7-9H2,1H3,(H2,20,21,23)/t14?,15-,16+/m0/s1. The van der Waals surface area contributed by atoms with Gasteiger partial charge < -0.3 is 15.7 Å². The van der Waals surface area contributed by atoms with Crippen molar-refractivity contribution in [3.63, 3.8) is 0 Å². The van der Waals surface area contributed by atoms with E-state index in [1.54, 1.807) is 11.3 Å². The van der Waals surface area contributed by atoms with Crippen LogP contribution in [-0.4, -0.2) is 22.2 Å². The molecule has 2 amide bonds. The summed E-state index contributed by atoms with van der Waals surface area (Å²) in [6, 6.07) is 7.34. The molecule has 0 aliphatic heterocycles. The lowest BCUT2D eigenvalue weighted by Crippen LogP contribution is -2.42. The Morgan fingerprint density at radius 3 is 3.04 bits per heavy atom. The molecule has 1 aromatic carbocycles. The number of hydrogen-bond donors (Lipinski definition) is 3. The first kappa shape index (κ1) is 15.6. The van der Waals surface area contributed by atoms with Gasteiger partial charge in [-0.25, -0.2) is 9.78 Å². The third kappa shape index (κ3) is 2.80. The zero-order valence-corrected chi connectivity index (χ0v) is 14.4. The highest BCUT2D eigenvalue weighted by atomic mass is 32.1. The second-order valence-corrected chi connectivity index (χ2v) is 7.79. The van der Waals surface area contributed by atoms with Crippen LogP contribution in [0.3, 0.4) is 0 Å². The van der Waals surface area contributed by atoms with E-state index in [0.29, 0.717) is 6.42 Å². The van der Waals surface area contributed by atoms with Gasteiger partial charge in [0.15, 0.2) is 0 Å². The first-order chi connectivity index (χ1) is 11.6. The number of nitrogens with zero attached hydrogens (tertiary/aromatic N) is 1. The molecule has 3 N–H and O–H groups in total. The van der Waals surface area contributed by atoms with Gasteiger partial charge in [-0.1, -0.05) is 24.3 Å². The van der Waals surface area contributed by atoms with Crippen LogP contribution in [0.5, 0.6) is 0 Å². The van der Waals surface area contributed by atoms with Crippen LogP contribution in [-0.2, 0) is 12.8 Å². The number of aliphatic hydroxyl groups excluding tert-OH is 1. The van der Waals surface area contributed by atoms with Gasteiger partial charge >= 0.3 is 6.03 Å². The summed E-state index contributed by atoms with van der Waals surface area (Å²) in [5.74, 6) is 0. The van der Waals surface area contributed by atoms with Crippen molar-refractivity contribution in [2.45, 2.75) is 50.8 Å². The second-order valence-electron chi connectivity index (χ2n) is 6.55. The van der Waals surface area contributed by atoms with Crippen molar-refractivity contribution < 1.29 is 9.90 Å². The molecule has 2 aromatic rings. The number of hydrogen-bond acceptors (Lipinski definition) is 4. The molecule has 0 saturated heterocycles. The van der Waals surface area contributed by atoms with Gasteiger partial charge in [-0.15, -0.1) is 11.3 Å². The summed E-state index contributed by atoms with van der Waals surface area (Å²) >= 11 is 1.67. The average Bonchev–Trinajstić information content (AvgIpc) is 3.08. The number of aliphatic hydroxyl groups is 1. The lowest BCUT2D eigenvalue weighted by Gasteiger charge is -2.25. The van der Waals surface area contributed by atoms with E-state index in [4.69, 9.17) is 0 Å². The highest BCUT2D eigenvalue weighted by Crippen LogP contribution is 2.34. The van der Waals surface area contributed by atoms with Gasteiger partial charge in [-0.05, 0) is 37.3 Å². The average molecular weight is 343 g/mol. The number of thiazole rings is 1. The Labute approximate surface area is 145 Å². The number of aryl methyl sites for hydroxylation is 2. The topological polar surface area (TPSA) is 74.2 Å². The molecule has 24 heavy (non-hydrogen) atoms. The van der Waals surface area contributed by atoms with Crippen molar-refractivity contribution >= 4 is 17.4 Å². The fourth-order valence-corrected chi connectivity index (χ4v) is 4.83. The van der Waals surface area contributed by atoms with Crippen molar-refractivity contribution in [3.05, 3.63) is 51.0 Å². The van der Waals surface area contributed by atoms with Crippen molar-refractivity contribution in [1.82, 2.24) is 15.6 Å². The van der Waals surface area contributed by atoms with Crippen molar-refractivity contribution in [2.75, 3.05) is 0 Å². The molecule has 0 radical (unpaired) electrons. The van der Waals surface area contributed by atoms with Crippen LogP contribution in [0.25, 0.3) is 0 Å². The Morgan fingerprint density at radius 2 is 2.17 bits per heavy atom. The van der Waals surface area contributed by atoms with E-state index in [9.17, 15) is 9.90 Å². The van der Waals surface area contributed by atoms with Crippen molar-refractivity contribution in [2.24, 2.45) is 0 Å². The van der Waals surface area contributed by atoms with E-state index in [1.807, 2.05) is 31.2 Å². The molecule has 2 aliphatic rings. The Hall–Kier alpha value is -1.92. The summed E-state index contributed by atoms with van der Waals surface area (Å²) in [4.78, 5) is 18.2. The molecule has 126 valence electrons. The minimum atomic E-state index is -0.569. The van der Waals surface area contributed by atoms with Gasteiger partial charge in [-0.3, -0.25) is 0 Å². The smallest absolute Gasteiger partial charge is 0.315 e. The molecule has 4 rings (SSSR count). The minimum absolute atomic E-state index is 0.0220. The number of fused-ring (bicyclic) bond motifs is 2. The summed E-state index contributed by atoms with van der Waals surface area (Å²) in [5, 5.41) is 17.4. The maximum atomic E-state index is 12.5. The summed E-state index contributed by atoms with van der Waals surface area (Å²) < 4.78 is 0. The van der Waals surface area contributed by atoms with Gasteiger partial charge in [0.05, 0.1) is 33.8 Å². The molecule has 3 atom stereocenters. The summed E-state index contributed by atoms with van der Waals surface area (Å²) in [6.07, 6.45) is 2.99. The van der Waals surface area contributed by atoms with Gasteiger partial charge in [0.1, 0.15) is 0 Å². The molecule has 1 aromatic heterocycles. The molecule has 6 heteroatoms. The van der Waals surface area contributed by atoms with Crippen LogP contribution in [0.4, 0.5) is 4.79 Å². The molecule has 1 unspecified atom stereocenters. The maximum Gasteiger partial charge on any atom is 0.315 e. The van der Waals surface area contributed by atoms with Crippen LogP contribution < -0.4 is 10.6 Å². The Bertz CT molecular complexity index is 773. The summed E-state index contributed by atoms with van der Waals surface area (Å²) in [7, 11) is 0. The largest absolute Gasteiger partial charge is 0.390 e. The Balaban J connectivity index is 1.46. The number of benzene rings is 1. The summed E-state index contributed by atoms with van der Waals surface area (Å²) in [6.45, 7) is 2.01. The molecule has 0 saturated carbocycles. The van der Waals surface area contributed by atoms with E-state index in [-0.39, 0.29) is 18.1 Å². The van der Waals surface area contributed by atoms with Crippen molar-refractivity contribution in [3.8, 4) is 0 Å².